The van der Waals surface area contributed by atoms with Gasteiger partial charge in [0.15, 0.2) is 6.39 Å². The Kier molecular flexibility index (Phi) is 3.01. The number of hydrogen-bond acceptors (Lipinski definition) is 4. The first-order valence-electron chi connectivity index (χ1n) is 7.69. The first-order chi connectivity index (χ1) is 11.1. The first-order valence-corrected chi connectivity index (χ1v) is 7.69. The summed E-state index contributed by atoms with van der Waals surface area (Å²) in [5.41, 5.74) is 1.31. The lowest BCUT2D eigenvalue weighted by Crippen LogP contribution is -2.53. The Balaban J connectivity index is 1.72. The molecule has 23 heavy (non-hydrogen) atoms. The second-order valence-corrected chi connectivity index (χ2v) is 6.16. The van der Waals surface area contributed by atoms with Crippen LogP contribution in [0.4, 0.5) is 5.69 Å². The lowest BCUT2D eigenvalue weighted by Gasteiger charge is -2.39. The summed E-state index contributed by atoms with van der Waals surface area (Å²) in [6.45, 7) is 1.01. The van der Waals surface area contributed by atoms with E-state index in [1.54, 1.807) is 16.8 Å². The zero-order valence-electron chi connectivity index (χ0n) is 12.9. The molecule has 1 saturated heterocycles. The summed E-state index contributed by atoms with van der Waals surface area (Å²) < 4.78 is 5.12. The average Bonchev–Trinajstić information content (AvgIpc) is 3.19. The molecule has 1 spiro atoms. The number of rotatable bonds is 1. The number of benzene rings is 1. The minimum atomic E-state index is -0.640. The molecule has 0 aliphatic carbocycles. The Morgan fingerprint density at radius 3 is 2.96 bits per heavy atom. The molecular weight excluding hydrogens is 294 g/mol. The van der Waals surface area contributed by atoms with E-state index in [9.17, 15) is 9.59 Å². The molecule has 1 fully saturated rings. The van der Waals surface area contributed by atoms with Crippen LogP contribution in [0.25, 0.3) is 0 Å². The predicted octanol–water partition coefficient (Wildman–Crippen LogP) is 1.82. The molecule has 0 bridgehead atoms. The van der Waals surface area contributed by atoms with Gasteiger partial charge < -0.3 is 14.2 Å². The van der Waals surface area contributed by atoms with Crippen molar-refractivity contribution in [2.75, 3.05) is 25.0 Å². The molecule has 4 rings (SSSR count). The number of fused-ring (bicyclic) bond motifs is 2. The van der Waals surface area contributed by atoms with Gasteiger partial charge in [-0.2, -0.15) is 0 Å². The van der Waals surface area contributed by atoms with Gasteiger partial charge in [0.05, 0.1) is 11.6 Å². The fourth-order valence-corrected chi connectivity index (χ4v) is 3.82. The Morgan fingerprint density at radius 1 is 1.35 bits per heavy atom. The van der Waals surface area contributed by atoms with E-state index < -0.39 is 5.41 Å². The van der Waals surface area contributed by atoms with Crippen LogP contribution in [0.2, 0.25) is 0 Å². The standard InChI is InChI=1S/C17H17N3O3/c1-19-13-6-3-2-5-12(13)17(16(19)22)7-4-8-20(10-17)15(21)14-9-18-11-23-14/h2-3,5-6,9,11H,4,7-8,10H2,1H3. The van der Waals surface area contributed by atoms with Gasteiger partial charge in [-0.1, -0.05) is 18.2 Å². The van der Waals surface area contributed by atoms with Gasteiger partial charge in [-0.3, -0.25) is 9.59 Å². The van der Waals surface area contributed by atoms with Gasteiger partial charge in [-0.05, 0) is 24.5 Å². The molecule has 1 aromatic heterocycles. The SMILES string of the molecule is CN1C(=O)C2(CCCN(C(=O)c3cnco3)C2)c2ccccc21. The third kappa shape index (κ3) is 1.91. The molecule has 2 aliphatic rings. The van der Waals surface area contributed by atoms with Crippen molar-refractivity contribution >= 4 is 17.5 Å². The molecule has 2 aliphatic heterocycles. The number of carbonyl (C=O) groups excluding carboxylic acids is 2. The Bertz CT molecular complexity index is 771. The molecule has 0 saturated carbocycles. The maximum absolute atomic E-state index is 12.9. The number of oxazole rings is 1. The Morgan fingerprint density at radius 2 is 2.17 bits per heavy atom. The van der Waals surface area contributed by atoms with Gasteiger partial charge in [0.1, 0.15) is 0 Å². The highest BCUT2D eigenvalue weighted by molar-refractivity contribution is 6.08. The Labute approximate surface area is 133 Å². The van der Waals surface area contributed by atoms with E-state index in [-0.39, 0.29) is 17.6 Å². The van der Waals surface area contributed by atoms with Crippen molar-refractivity contribution in [1.29, 1.82) is 0 Å². The number of nitrogens with zero attached hydrogens (tertiary/aromatic N) is 3. The molecular formula is C17H17N3O3. The second-order valence-electron chi connectivity index (χ2n) is 6.16. The summed E-state index contributed by atoms with van der Waals surface area (Å²) in [7, 11) is 1.80. The van der Waals surface area contributed by atoms with Crippen LogP contribution in [0, 0.1) is 0 Å². The molecule has 118 valence electrons. The average molecular weight is 311 g/mol. The van der Waals surface area contributed by atoms with Crippen LogP contribution in [0.3, 0.4) is 0 Å². The summed E-state index contributed by atoms with van der Waals surface area (Å²) in [5, 5.41) is 0. The molecule has 1 atom stereocenters. The number of anilines is 1. The van der Waals surface area contributed by atoms with Gasteiger partial charge >= 0.3 is 0 Å². The van der Waals surface area contributed by atoms with E-state index in [0.29, 0.717) is 13.1 Å². The van der Waals surface area contributed by atoms with Crippen molar-refractivity contribution in [2.24, 2.45) is 0 Å². The largest absolute Gasteiger partial charge is 0.438 e. The lowest BCUT2D eigenvalue weighted by molar-refractivity contribution is -0.124. The monoisotopic (exact) mass is 311 g/mol. The van der Waals surface area contributed by atoms with E-state index in [4.69, 9.17) is 4.42 Å². The quantitative estimate of drug-likeness (QED) is 0.806. The summed E-state index contributed by atoms with van der Waals surface area (Å²) in [6.07, 6.45) is 4.21. The molecule has 1 aromatic carbocycles. The summed E-state index contributed by atoms with van der Waals surface area (Å²) >= 11 is 0. The van der Waals surface area contributed by atoms with Gasteiger partial charge in [-0.15, -0.1) is 0 Å². The number of piperidine rings is 1. The van der Waals surface area contributed by atoms with Crippen molar-refractivity contribution in [1.82, 2.24) is 9.88 Å². The van der Waals surface area contributed by atoms with Crippen LogP contribution >= 0.6 is 0 Å². The fourth-order valence-electron chi connectivity index (χ4n) is 3.82. The minimum Gasteiger partial charge on any atom is -0.438 e. The van der Waals surface area contributed by atoms with Crippen LogP contribution < -0.4 is 4.90 Å². The number of likely N-dealkylation sites (N-methyl/N-ethyl adjacent to an activating group) is 1. The molecule has 0 N–H and O–H groups in total. The van der Waals surface area contributed by atoms with Crippen LogP contribution in [0.1, 0.15) is 29.0 Å². The normalized spacial score (nSPS) is 23.4. The van der Waals surface area contributed by atoms with Gasteiger partial charge in [0, 0.05) is 25.8 Å². The van der Waals surface area contributed by atoms with Gasteiger partial charge in [0.2, 0.25) is 11.7 Å². The minimum absolute atomic E-state index is 0.0637. The van der Waals surface area contributed by atoms with Crippen LogP contribution in [0.15, 0.2) is 41.3 Å². The highest BCUT2D eigenvalue weighted by Gasteiger charge is 2.52. The number of amides is 2. The van der Waals surface area contributed by atoms with E-state index in [0.717, 1.165) is 24.1 Å². The molecule has 6 nitrogen and oxygen atoms in total. The van der Waals surface area contributed by atoms with Crippen molar-refractivity contribution in [3.05, 3.63) is 48.2 Å². The highest BCUT2D eigenvalue weighted by atomic mass is 16.3. The van der Waals surface area contributed by atoms with E-state index in [1.165, 1.54) is 12.6 Å². The topological polar surface area (TPSA) is 66.7 Å². The maximum Gasteiger partial charge on any atom is 0.291 e. The second kappa shape index (κ2) is 4.94. The molecule has 1 unspecified atom stereocenters. The number of likely N-dealkylation sites (tertiary alicyclic amines) is 1. The summed E-state index contributed by atoms with van der Waals surface area (Å²) in [5.74, 6) is 0.0734. The zero-order chi connectivity index (χ0) is 16.0. The highest BCUT2D eigenvalue weighted by Crippen LogP contribution is 2.46. The molecule has 3 heterocycles. The number of hydrogen-bond donors (Lipinski definition) is 0. The fraction of sp³-hybridized carbons (Fsp3) is 0.353. The summed E-state index contributed by atoms with van der Waals surface area (Å²) in [4.78, 5) is 32.7. The third-order valence-corrected chi connectivity index (χ3v) is 4.92. The van der Waals surface area contributed by atoms with E-state index >= 15 is 0 Å². The lowest BCUT2D eigenvalue weighted by atomic mass is 9.75. The first kappa shape index (κ1) is 14.0. The van der Waals surface area contributed by atoms with Crippen molar-refractivity contribution in [3.63, 3.8) is 0 Å². The Hall–Kier alpha value is -2.63. The summed E-state index contributed by atoms with van der Waals surface area (Å²) in [6, 6.07) is 7.84. The zero-order valence-corrected chi connectivity index (χ0v) is 12.9. The van der Waals surface area contributed by atoms with Crippen LogP contribution in [-0.2, 0) is 10.2 Å². The number of aromatic nitrogens is 1. The maximum atomic E-state index is 12.9. The van der Waals surface area contributed by atoms with Crippen molar-refractivity contribution in [2.45, 2.75) is 18.3 Å². The van der Waals surface area contributed by atoms with E-state index in [2.05, 4.69) is 4.98 Å². The molecule has 2 aromatic rings. The van der Waals surface area contributed by atoms with Crippen molar-refractivity contribution < 1.29 is 14.0 Å². The van der Waals surface area contributed by atoms with E-state index in [1.807, 2.05) is 24.3 Å². The van der Waals surface area contributed by atoms with Gasteiger partial charge in [0.25, 0.3) is 5.91 Å². The third-order valence-electron chi connectivity index (χ3n) is 4.92. The predicted molar refractivity (Wildman–Crippen MR) is 83.2 cm³/mol. The molecule has 0 radical (unpaired) electrons. The van der Waals surface area contributed by atoms with Gasteiger partial charge in [-0.25, -0.2) is 4.98 Å². The number of para-hydroxylation sites is 1. The van der Waals surface area contributed by atoms with Crippen LogP contribution in [0.5, 0.6) is 0 Å². The number of carbonyl (C=O) groups is 2. The van der Waals surface area contributed by atoms with Crippen LogP contribution in [-0.4, -0.2) is 41.8 Å². The smallest absolute Gasteiger partial charge is 0.291 e. The van der Waals surface area contributed by atoms with Crippen molar-refractivity contribution in [3.8, 4) is 0 Å². The molecule has 2 amide bonds. The molecule has 6 heteroatoms.